The van der Waals surface area contributed by atoms with Crippen LogP contribution in [0.1, 0.15) is 58.8 Å². The molecule has 0 bridgehead atoms. The maximum atomic E-state index is 13.3. The van der Waals surface area contributed by atoms with Gasteiger partial charge in [-0.15, -0.1) is 0 Å². The first-order valence-electron chi connectivity index (χ1n) is 13.0. The fourth-order valence-corrected chi connectivity index (χ4v) is 5.05. The van der Waals surface area contributed by atoms with E-state index in [4.69, 9.17) is 9.47 Å². The summed E-state index contributed by atoms with van der Waals surface area (Å²) in [5.41, 5.74) is 0.682. The Labute approximate surface area is 214 Å². The molecule has 3 aliphatic rings. The first-order valence-corrected chi connectivity index (χ1v) is 13.0. The Morgan fingerprint density at radius 2 is 2.06 bits per heavy atom. The van der Waals surface area contributed by atoms with E-state index in [1.54, 1.807) is 11.0 Å². The second-order valence-electron chi connectivity index (χ2n) is 10.3. The lowest BCUT2D eigenvalue weighted by Gasteiger charge is -2.39. The van der Waals surface area contributed by atoms with Crippen molar-refractivity contribution >= 4 is 19.1 Å². The lowest BCUT2D eigenvalue weighted by Crippen LogP contribution is -2.49. The first-order chi connectivity index (χ1) is 17.2. The highest BCUT2D eigenvalue weighted by Gasteiger charge is 2.32. The van der Waals surface area contributed by atoms with E-state index < -0.39 is 30.8 Å². The summed E-state index contributed by atoms with van der Waals surface area (Å²) in [5.74, 6) is -1.23. The van der Waals surface area contributed by atoms with Gasteiger partial charge in [0.15, 0.2) is 0 Å². The van der Waals surface area contributed by atoms with Crippen molar-refractivity contribution in [3.63, 3.8) is 0 Å². The van der Waals surface area contributed by atoms with Gasteiger partial charge in [0.05, 0.1) is 25.7 Å². The summed E-state index contributed by atoms with van der Waals surface area (Å²) in [7, 11) is -1.70. The number of morpholine rings is 1. The van der Waals surface area contributed by atoms with Crippen LogP contribution < -0.4 is 5.32 Å². The van der Waals surface area contributed by atoms with Gasteiger partial charge in [-0.2, -0.15) is 5.26 Å². The third kappa shape index (κ3) is 8.06. The van der Waals surface area contributed by atoms with E-state index in [1.165, 1.54) is 0 Å². The Hall–Kier alpha value is -2.39. The van der Waals surface area contributed by atoms with Crippen LogP contribution >= 0.6 is 0 Å². The molecule has 0 unspecified atom stereocenters. The summed E-state index contributed by atoms with van der Waals surface area (Å²) in [4.78, 5) is 29.6. The minimum Gasteiger partial charge on any atom is -0.444 e. The predicted octanol–water partition coefficient (Wildman–Crippen LogP) is 1.54. The van der Waals surface area contributed by atoms with Gasteiger partial charge in [-0.3, -0.25) is 9.69 Å². The Bertz CT molecular complexity index is 878. The van der Waals surface area contributed by atoms with Gasteiger partial charge in [-0.25, -0.2) is 4.79 Å². The summed E-state index contributed by atoms with van der Waals surface area (Å²) >= 11 is 0. The highest BCUT2D eigenvalue weighted by atomic mass is 16.6. The van der Waals surface area contributed by atoms with Crippen LogP contribution in [0.2, 0.25) is 0 Å². The quantitative estimate of drug-likeness (QED) is 0.197. The molecule has 2 fully saturated rings. The van der Waals surface area contributed by atoms with Crippen molar-refractivity contribution in [1.29, 1.82) is 5.26 Å². The average molecular weight is 502 g/mol. The molecule has 2 amide bonds. The topological polar surface area (TPSA) is 135 Å². The number of carbonyl (C=O) groups excluding carboxylic acids is 2. The molecule has 2 atom stereocenters. The molecular weight excluding hydrogens is 463 g/mol. The molecule has 2 saturated heterocycles. The van der Waals surface area contributed by atoms with Crippen molar-refractivity contribution in [1.82, 2.24) is 15.1 Å². The summed E-state index contributed by atoms with van der Waals surface area (Å²) in [6, 6.07) is 2.07. The lowest BCUT2D eigenvalue weighted by atomic mass is 9.76. The van der Waals surface area contributed by atoms with Crippen LogP contribution in [-0.4, -0.2) is 95.9 Å². The van der Waals surface area contributed by atoms with Gasteiger partial charge in [0.1, 0.15) is 17.7 Å². The number of ether oxygens (including phenoxy) is 2. The van der Waals surface area contributed by atoms with Crippen molar-refractivity contribution in [3.05, 3.63) is 23.3 Å². The minimum atomic E-state index is -1.70. The normalized spacial score (nSPS) is 22.8. The minimum absolute atomic E-state index is 0.0740. The van der Waals surface area contributed by atoms with Gasteiger partial charge in [-0.1, -0.05) is 11.6 Å². The number of nitrogens with one attached hydrogen (secondary N) is 1. The number of nitriles is 1. The number of nitrogens with zero attached hydrogens (tertiary/aromatic N) is 3. The van der Waals surface area contributed by atoms with E-state index in [0.29, 0.717) is 32.6 Å². The maximum absolute atomic E-state index is 13.3. The number of hydrogen-bond donors (Lipinski definition) is 3. The van der Waals surface area contributed by atoms with Crippen LogP contribution in [0.5, 0.6) is 0 Å². The van der Waals surface area contributed by atoms with E-state index >= 15 is 0 Å². The average Bonchev–Trinajstić information content (AvgIpc) is 3.26. The van der Waals surface area contributed by atoms with Crippen LogP contribution in [0.25, 0.3) is 0 Å². The molecule has 10 nitrogen and oxygen atoms in total. The van der Waals surface area contributed by atoms with Crippen molar-refractivity contribution < 1.29 is 29.1 Å². The molecule has 2 aliphatic heterocycles. The molecular formula is C25H39BN4O6. The largest absolute Gasteiger partial charge is 0.475 e. The standard InChI is InChI=1S/C25H39BN4O6/c1-25(2,30-11-13-35-14-12-30)16-20(17-27)23(31)29-10-6-5-9-21(18-29)36-24(32)28-22(26(33)34)15-19-7-3-4-8-19/h7,16,21-22,33-34H,3-6,8-15,18H2,1-2H3,(H,28,32)/t21-,22+/m1/s1. The van der Waals surface area contributed by atoms with Gasteiger partial charge in [0, 0.05) is 25.2 Å². The number of amides is 2. The van der Waals surface area contributed by atoms with Crippen molar-refractivity contribution in [2.75, 3.05) is 39.4 Å². The number of allylic oxidation sites excluding steroid dienone is 1. The van der Waals surface area contributed by atoms with Gasteiger partial charge in [0.25, 0.3) is 5.91 Å². The zero-order valence-corrected chi connectivity index (χ0v) is 21.4. The fraction of sp³-hybridized carbons (Fsp3) is 0.720. The highest BCUT2D eigenvalue weighted by Crippen LogP contribution is 2.23. The molecule has 0 aromatic rings. The SMILES string of the molecule is CC(C)(C=C(C#N)C(=O)N1CCCC[C@@H](OC(=O)N[C@@H](CC2=CCCC2)B(O)O)C1)N1CCOCC1. The van der Waals surface area contributed by atoms with Crippen LogP contribution in [0.15, 0.2) is 23.3 Å². The van der Waals surface area contributed by atoms with Crippen LogP contribution in [-0.2, 0) is 14.3 Å². The summed E-state index contributed by atoms with van der Waals surface area (Å²) in [6.07, 6.45) is 7.83. The smallest absolute Gasteiger partial charge is 0.444 e. The Morgan fingerprint density at radius 3 is 2.69 bits per heavy atom. The molecule has 198 valence electrons. The van der Waals surface area contributed by atoms with Crippen LogP contribution in [0.3, 0.4) is 0 Å². The van der Waals surface area contributed by atoms with E-state index in [2.05, 4.69) is 22.4 Å². The Kier molecular flexibility index (Phi) is 10.4. The molecule has 36 heavy (non-hydrogen) atoms. The third-order valence-corrected chi connectivity index (χ3v) is 7.14. The maximum Gasteiger partial charge on any atom is 0.475 e. The molecule has 0 aromatic heterocycles. The van der Waals surface area contributed by atoms with Gasteiger partial charge >= 0.3 is 13.2 Å². The lowest BCUT2D eigenvalue weighted by molar-refractivity contribution is -0.127. The van der Waals surface area contributed by atoms with Crippen molar-refractivity contribution in [2.45, 2.75) is 76.4 Å². The molecule has 0 aromatic carbocycles. The van der Waals surface area contributed by atoms with Gasteiger partial charge in [0.2, 0.25) is 0 Å². The van der Waals surface area contributed by atoms with Gasteiger partial charge in [-0.05, 0) is 64.9 Å². The van der Waals surface area contributed by atoms with E-state index in [1.807, 2.05) is 13.8 Å². The number of alkyl carbamates (subject to hydrolysis) is 1. The zero-order valence-electron chi connectivity index (χ0n) is 21.4. The second-order valence-corrected chi connectivity index (χ2v) is 10.3. The van der Waals surface area contributed by atoms with Crippen molar-refractivity contribution in [2.24, 2.45) is 0 Å². The number of hydrogen-bond acceptors (Lipinski definition) is 8. The van der Waals surface area contributed by atoms with Crippen LogP contribution in [0, 0.1) is 11.3 Å². The highest BCUT2D eigenvalue weighted by molar-refractivity contribution is 6.43. The van der Waals surface area contributed by atoms with Crippen LogP contribution in [0.4, 0.5) is 4.79 Å². The molecule has 1 aliphatic carbocycles. The summed E-state index contributed by atoms with van der Waals surface area (Å²) in [5, 5.41) is 31.8. The zero-order chi connectivity index (χ0) is 26.1. The van der Waals surface area contributed by atoms with E-state index in [9.17, 15) is 24.9 Å². The van der Waals surface area contributed by atoms with E-state index in [-0.39, 0.29) is 18.0 Å². The first kappa shape index (κ1) is 28.2. The number of likely N-dealkylation sites (tertiary alicyclic amines) is 1. The number of rotatable bonds is 8. The summed E-state index contributed by atoms with van der Waals surface area (Å²) in [6.45, 7) is 7.31. The molecule has 0 saturated carbocycles. The van der Waals surface area contributed by atoms with E-state index in [0.717, 1.165) is 50.8 Å². The van der Waals surface area contributed by atoms with Crippen molar-refractivity contribution in [3.8, 4) is 6.07 Å². The second kappa shape index (κ2) is 13.2. The van der Waals surface area contributed by atoms with Gasteiger partial charge < -0.3 is 29.7 Å². The Balaban J connectivity index is 1.61. The summed E-state index contributed by atoms with van der Waals surface area (Å²) < 4.78 is 11.0. The molecule has 0 radical (unpaired) electrons. The third-order valence-electron chi connectivity index (χ3n) is 7.14. The molecule has 3 rings (SSSR count). The number of carbonyl (C=O) groups is 2. The molecule has 3 N–H and O–H groups in total. The molecule has 0 spiro atoms. The fourth-order valence-electron chi connectivity index (χ4n) is 5.05. The molecule has 2 heterocycles. The Morgan fingerprint density at radius 1 is 1.31 bits per heavy atom. The predicted molar refractivity (Wildman–Crippen MR) is 135 cm³/mol. The monoisotopic (exact) mass is 502 g/mol. The molecule has 11 heteroatoms.